The average molecular weight is 282 g/mol. The maximum atomic E-state index is 11.9. The van der Waals surface area contributed by atoms with Gasteiger partial charge in [-0.1, -0.05) is 18.2 Å². The normalized spacial score (nSPS) is 12.1. The predicted molar refractivity (Wildman–Crippen MR) is 84.2 cm³/mol. The van der Waals surface area contributed by atoms with E-state index in [4.69, 9.17) is 0 Å². The summed E-state index contributed by atoms with van der Waals surface area (Å²) in [4.78, 5) is 16.0. The lowest BCUT2D eigenvalue weighted by molar-refractivity contribution is -0.121. The molecular formula is C16H18N4O. The van der Waals surface area contributed by atoms with Gasteiger partial charge in [-0.25, -0.2) is 5.43 Å². The fourth-order valence-electron chi connectivity index (χ4n) is 1.76. The van der Waals surface area contributed by atoms with Crippen LogP contribution in [-0.2, 0) is 4.79 Å². The highest BCUT2D eigenvalue weighted by Gasteiger charge is 2.11. The first kappa shape index (κ1) is 14.7. The number of benzene rings is 1. The lowest BCUT2D eigenvalue weighted by Gasteiger charge is -2.13. The zero-order chi connectivity index (χ0) is 15.1. The highest BCUT2D eigenvalue weighted by atomic mass is 16.2. The summed E-state index contributed by atoms with van der Waals surface area (Å²) < 4.78 is 0. The summed E-state index contributed by atoms with van der Waals surface area (Å²) in [6.45, 7) is 3.79. The van der Waals surface area contributed by atoms with E-state index in [1.54, 1.807) is 13.1 Å². The molecule has 5 nitrogen and oxygen atoms in total. The molecule has 1 aromatic carbocycles. The van der Waals surface area contributed by atoms with Gasteiger partial charge < -0.3 is 5.32 Å². The zero-order valence-electron chi connectivity index (χ0n) is 12.1. The van der Waals surface area contributed by atoms with Crippen molar-refractivity contribution < 1.29 is 4.79 Å². The number of rotatable bonds is 5. The molecule has 5 heteroatoms. The molecule has 0 spiro atoms. The molecule has 0 aliphatic heterocycles. The van der Waals surface area contributed by atoms with Crippen LogP contribution in [0.5, 0.6) is 0 Å². The van der Waals surface area contributed by atoms with E-state index in [0.717, 1.165) is 11.3 Å². The highest BCUT2D eigenvalue weighted by molar-refractivity contribution is 5.85. The van der Waals surface area contributed by atoms with Gasteiger partial charge in [0.25, 0.3) is 5.91 Å². The Hall–Kier alpha value is -2.69. The Balaban J connectivity index is 1.87. The fourth-order valence-corrected chi connectivity index (χ4v) is 1.76. The maximum Gasteiger partial charge on any atom is 0.262 e. The molecule has 2 N–H and O–H groups in total. The summed E-state index contributed by atoms with van der Waals surface area (Å²) >= 11 is 0. The van der Waals surface area contributed by atoms with Gasteiger partial charge in [0.2, 0.25) is 0 Å². The molecular weight excluding hydrogens is 264 g/mol. The minimum Gasteiger partial charge on any atom is -0.374 e. The third-order valence-electron chi connectivity index (χ3n) is 2.85. The quantitative estimate of drug-likeness (QED) is 0.653. The minimum atomic E-state index is -0.382. The Bertz CT molecular complexity index is 625. The SMILES string of the molecule is Cc1cccc(NC(C)C(=O)NN=Cc2ccccn2)c1. The van der Waals surface area contributed by atoms with Gasteiger partial charge in [0.1, 0.15) is 6.04 Å². The summed E-state index contributed by atoms with van der Waals surface area (Å²) in [5, 5.41) is 7.02. The number of hydrogen-bond acceptors (Lipinski definition) is 4. The molecule has 0 fully saturated rings. The van der Waals surface area contributed by atoms with Gasteiger partial charge >= 0.3 is 0 Å². The number of carbonyl (C=O) groups is 1. The van der Waals surface area contributed by atoms with Crippen LogP contribution in [-0.4, -0.2) is 23.1 Å². The molecule has 0 saturated carbocycles. The van der Waals surface area contributed by atoms with Crippen molar-refractivity contribution in [2.75, 3.05) is 5.32 Å². The second-order valence-corrected chi connectivity index (χ2v) is 4.72. The number of aromatic nitrogens is 1. The molecule has 0 aliphatic rings. The van der Waals surface area contributed by atoms with Crippen LogP contribution in [0.1, 0.15) is 18.2 Å². The van der Waals surface area contributed by atoms with Gasteiger partial charge in [-0.2, -0.15) is 5.10 Å². The van der Waals surface area contributed by atoms with E-state index >= 15 is 0 Å². The van der Waals surface area contributed by atoms with Crippen molar-refractivity contribution in [1.82, 2.24) is 10.4 Å². The molecule has 1 atom stereocenters. The molecule has 2 aromatic rings. The molecule has 1 unspecified atom stereocenters. The summed E-state index contributed by atoms with van der Waals surface area (Å²) in [5.41, 5.74) is 5.23. The van der Waals surface area contributed by atoms with Gasteiger partial charge in [0, 0.05) is 11.9 Å². The van der Waals surface area contributed by atoms with Crippen LogP contribution in [0.4, 0.5) is 5.69 Å². The van der Waals surface area contributed by atoms with E-state index in [1.807, 2.05) is 49.4 Å². The predicted octanol–water partition coefficient (Wildman–Crippen LogP) is 2.34. The average Bonchev–Trinajstić information content (AvgIpc) is 2.48. The minimum absolute atomic E-state index is 0.205. The van der Waals surface area contributed by atoms with Crippen molar-refractivity contribution in [2.24, 2.45) is 5.10 Å². The van der Waals surface area contributed by atoms with E-state index in [-0.39, 0.29) is 11.9 Å². The van der Waals surface area contributed by atoms with Gasteiger partial charge in [-0.15, -0.1) is 0 Å². The summed E-state index contributed by atoms with van der Waals surface area (Å²) in [5.74, 6) is -0.205. The molecule has 108 valence electrons. The Morgan fingerprint density at radius 2 is 2.14 bits per heavy atom. The van der Waals surface area contributed by atoms with Crippen LogP contribution in [0.15, 0.2) is 53.8 Å². The van der Waals surface area contributed by atoms with Gasteiger partial charge in [0.15, 0.2) is 0 Å². The zero-order valence-corrected chi connectivity index (χ0v) is 12.1. The third-order valence-corrected chi connectivity index (χ3v) is 2.85. The van der Waals surface area contributed by atoms with E-state index in [1.165, 1.54) is 6.21 Å². The third kappa shape index (κ3) is 4.72. The van der Waals surface area contributed by atoms with Crippen molar-refractivity contribution in [1.29, 1.82) is 0 Å². The van der Waals surface area contributed by atoms with Crippen molar-refractivity contribution in [3.8, 4) is 0 Å². The number of pyridine rings is 1. The molecule has 1 amide bonds. The van der Waals surface area contributed by atoms with E-state index in [9.17, 15) is 4.79 Å². The second-order valence-electron chi connectivity index (χ2n) is 4.72. The molecule has 1 heterocycles. The summed E-state index contributed by atoms with van der Waals surface area (Å²) in [6, 6.07) is 13.0. The fraction of sp³-hybridized carbons (Fsp3) is 0.188. The molecule has 21 heavy (non-hydrogen) atoms. The van der Waals surface area contributed by atoms with Crippen molar-refractivity contribution in [3.63, 3.8) is 0 Å². The molecule has 1 aromatic heterocycles. The molecule has 0 saturated heterocycles. The van der Waals surface area contributed by atoms with Gasteiger partial charge in [-0.3, -0.25) is 9.78 Å². The first-order valence-corrected chi connectivity index (χ1v) is 6.72. The molecule has 0 aliphatic carbocycles. The van der Waals surface area contributed by atoms with Crippen LogP contribution in [0.2, 0.25) is 0 Å². The highest BCUT2D eigenvalue weighted by Crippen LogP contribution is 2.10. The van der Waals surface area contributed by atoms with E-state index in [0.29, 0.717) is 5.69 Å². The van der Waals surface area contributed by atoms with Crippen molar-refractivity contribution in [3.05, 3.63) is 59.9 Å². The van der Waals surface area contributed by atoms with Crippen LogP contribution in [0.3, 0.4) is 0 Å². The maximum absolute atomic E-state index is 11.9. The number of nitrogens with one attached hydrogen (secondary N) is 2. The number of hydrogen-bond donors (Lipinski definition) is 2. The standard InChI is InChI=1S/C16H18N4O/c1-12-6-5-8-14(10-12)19-13(2)16(21)20-18-11-15-7-3-4-9-17-15/h3-11,13,19H,1-2H3,(H,20,21). The molecule has 2 rings (SSSR count). The largest absolute Gasteiger partial charge is 0.374 e. The summed E-state index contributed by atoms with van der Waals surface area (Å²) in [7, 11) is 0. The van der Waals surface area contributed by atoms with Crippen LogP contribution in [0.25, 0.3) is 0 Å². The number of hydrazone groups is 1. The Morgan fingerprint density at radius 1 is 1.29 bits per heavy atom. The van der Waals surface area contributed by atoms with Gasteiger partial charge in [-0.05, 0) is 43.7 Å². The Kier molecular flexibility index (Phi) is 5.04. The lowest BCUT2D eigenvalue weighted by atomic mass is 10.2. The second kappa shape index (κ2) is 7.19. The van der Waals surface area contributed by atoms with Crippen LogP contribution < -0.4 is 10.7 Å². The summed E-state index contributed by atoms with van der Waals surface area (Å²) in [6.07, 6.45) is 3.18. The number of amides is 1. The van der Waals surface area contributed by atoms with Crippen LogP contribution >= 0.6 is 0 Å². The van der Waals surface area contributed by atoms with Crippen LogP contribution in [0, 0.1) is 6.92 Å². The van der Waals surface area contributed by atoms with Crippen molar-refractivity contribution >= 4 is 17.8 Å². The lowest BCUT2D eigenvalue weighted by Crippen LogP contribution is -2.34. The van der Waals surface area contributed by atoms with E-state index < -0.39 is 0 Å². The number of anilines is 1. The number of carbonyl (C=O) groups excluding carboxylic acids is 1. The molecule has 0 radical (unpaired) electrons. The monoisotopic (exact) mass is 282 g/mol. The topological polar surface area (TPSA) is 66.4 Å². The molecule has 0 bridgehead atoms. The van der Waals surface area contributed by atoms with Crippen molar-refractivity contribution in [2.45, 2.75) is 19.9 Å². The first-order chi connectivity index (χ1) is 10.1. The number of nitrogens with zero attached hydrogens (tertiary/aromatic N) is 2. The Labute approximate surface area is 124 Å². The smallest absolute Gasteiger partial charge is 0.262 e. The van der Waals surface area contributed by atoms with E-state index in [2.05, 4.69) is 20.8 Å². The Morgan fingerprint density at radius 3 is 2.86 bits per heavy atom. The van der Waals surface area contributed by atoms with Gasteiger partial charge in [0.05, 0.1) is 11.9 Å². The first-order valence-electron chi connectivity index (χ1n) is 6.72. The number of aryl methyl sites for hydroxylation is 1.